The molecule has 0 fully saturated rings. The Bertz CT molecular complexity index is 856. The summed E-state index contributed by atoms with van der Waals surface area (Å²) in [5.74, 6) is 0. The van der Waals surface area contributed by atoms with Crippen molar-refractivity contribution in [2.24, 2.45) is 0 Å². The molecule has 6 rings (SSSR count). The molecule has 0 aromatic heterocycles. The Hall–Kier alpha value is -1.86. The Morgan fingerprint density at radius 2 is 1.36 bits per heavy atom. The molecular weight excluding hydrogens is 353 g/mol. The van der Waals surface area contributed by atoms with Crippen LogP contribution in [0.4, 0.5) is 13.2 Å². The largest absolute Gasteiger partial charge is 0.523 e. The third-order valence-corrected chi connectivity index (χ3v) is 5.33. The van der Waals surface area contributed by atoms with E-state index in [9.17, 15) is 21.6 Å². The normalized spacial score (nSPS) is 15.0. The molecule has 7 heteroatoms. The van der Waals surface area contributed by atoms with Crippen molar-refractivity contribution in [1.29, 1.82) is 0 Å². The summed E-state index contributed by atoms with van der Waals surface area (Å²) in [6, 6.07) is 13.8. The Balaban J connectivity index is 1.86. The molecule has 2 aromatic carbocycles. The molecule has 4 aliphatic rings. The van der Waals surface area contributed by atoms with Gasteiger partial charge in [0.25, 0.3) is 0 Å². The summed E-state index contributed by atoms with van der Waals surface area (Å²) in [4.78, 5) is 0. The van der Waals surface area contributed by atoms with Crippen LogP contribution in [0.25, 0.3) is 0 Å². The van der Waals surface area contributed by atoms with Crippen LogP contribution in [-0.4, -0.2) is 13.9 Å². The summed E-state index contributed by atoms with van der Waals surface area (Å²) in [6.07, 6.45) is 2.85. The molecule has 0 atom stereocenters. The molecule has 2 aromatic rings. The average Bonchev–Trinajstić information content (AvgIpc) is 2.55. The quantitative estimate of drug-likeness (QED) is 0.607. The van der Waals surface area contributed by atoms with Crippen molar-refractivity contribution in [3.63, 3.8) is 0 Å². The Morgan fingerprint density at radius 3 is 1.96 bits per heavy atom. The van der Waals surface area contributed by atoms with Crippen LogP contribution in [0.5, 0.6) is 0 Å². The fraction of sp³-hybridized carbons (Fsp3) is 0.333. The molecule has 25 heavy (non-hydrogen) atoms. The highest BCUT2D eigenvalue weighted by Crippen LogP contribution is 2.27. The SMILES string of the molecule is O=S(=O)(OCc1cc2ccc1CCc1ccc(cc1)CC2)C(F)(F)F. The van der Waals surface area contributed by atoms with Crippen molar-refractivity contribution in [2.45, 2.75) is 37.8 Å². The standard InChI is InChI=1S/C18H17F3O3S/c19-18(20,21)25(22,23)24-12-17-11-15-6-5-13-1-3-14(4-2-13)7-9-16(17)10-8-15/h1-4,8,10-11H,5-7,9,12H2. The first-order valence-corrected chi connectivity index (χ1v) is 9.30. The van der Waals surface area contributed by atoms with E-state index in [0.717, 1.165) is 36.0 Å². The van der Waals surface area contributed by atoms with Crippen LogP contribution in [0, 0.1) is 0 Å². The van der Waals surface area contributed by atoms with Crippen LogP contribution in [-0.2, 0) is 46.6 Å². The van der Waals surface area contributed by atoms with Crippen molar-refractivity contribution in [3.05, 3.63) is 70.3 Å². The van der Waals surface area contributed by atoms with E-state index >= 15 is 0 Å². The van der Waals surface area contributed by atoms with E-state index in [-0.39, 0.29) is 0 Å². The molecule has 3 nitrogen and oxygen atoms in total. The zero-order valence-corrected chi connectivity index (χ0v) is 14.2. The second-order valence-electron chi connectivity index (χ2n) is 6.08. The fourth-order valence-corrected chi connectivity index (χ4v) is 3.28. The highest BCUT2D eigenvalue weighted by Gasteiger charge is 2.47. The van der Waals surface area contributed by atoms with E-state index < -0.39 is 22.2 Å². The number of hydrogen-bond donors (Lipinski definition) is 0. The molecule has 0 N–H and O–H groups in total. The Kier molecular flexibility index (Phi) is 4.88. The smallest absolute Gasteiger partial charge is 0.258 e. The highest BCUT2D eigenvalue weighted by molar-refractivity contribution is 7.87. The zero-order chi connectivity index (χ0) is 18.1. The minimum Gasteiger partial charge on any atom is -0.258 e. The first kappa shape index (κ1) is 17.9. The van der Waals surface area contributed by atoms with Gasteiger partial charge in [-0.15, -0.1) is 0 Å². The number of halogens is 3. The molecule has 4 bridgehead atoms. The minimum absolute atomic E-state index is 0.486. The fourth-order valence-electron chi connectivity index (χ4n) is 2.86. The summed E-state index contributed by atoms with van der Waals surface area (Å²) in [6.45, 7) is -0.609. The first-order valence-electron chi connectivity index (χ1n) is 7.89. The zero-order valence-electron chi connectivity index (χ0n) is 13.3. The van der Waals surface area contributed by atoms with Crippen molar-refractivity contribution >= 4 is 10.1 Å². The van der Waals surface area contributed by atoms with Gasteiger partial charge in [-0.2, -0.15) is 21.6 Å². The first-order chi connectivity index (χ1) is 11.7. The molecular formula is C18H17F3O3S. The molecule has 0 saturated heterocycles. The summed E-state index contributed by atoms with van der Waals surface area (Å²) >= 11 is 0. The van der Waals surface area contributed by atoms with Gasteiger partial charge in [0.2, 0.25) is 0 Å². The third kappa shape index (κ3) is 4.22. The number of aryl methyl sites for hydroxylation is 4. The van der Waals surface area contributed by atoms with Gasteiger partial charge < -0.3 is 0 Å². The highest BCUT2D eigenvalue weighted by atomic mass is 32.2. The van der Waals surface area contributed by atoms with Crippen LogP contribution in [0.3, 0.4) is 0 Å². The maximum absolute atomic E-state index is 12.5. The van der Waals surface area contributed by atoms with Gasteiger partial charge in [0, 0.05) is 0 Å². The predicted octanol–water partition coefficient (Wildman–Crippen LogP) is 3.94. The van der Waals surface area contributed by atoms with Gasteiger partial charge in [-0.3, -0.25) is 4.18 Å². The summed E-state index contributed by atoms with van der Waals surface area (Å²) < 4.78 is 63.9. The molecule has 0 spiro atoms. The number of hydrogen-bond acceptors (Lipinski definition) is 3. The van der Waals surface area contributed by atoms with E-state index in [4.69, 9.17) is 0 Å². The second kappa shape index (κ2) is 6.80. The summed E-state index contributed by atoms with van der Waals surface area (Å²) in [5.41, 5.74) is -0.871. The monoisotopic (exact) mass is 370 g/mol. The second-order valence-corrected chi connectivity index (χ2v) is 7.69. The lowest BCUT2D eigenvalue weighted by Gasteiger charge is -2.15. The number of benzene rings is 2. The number of rotatable bonds is 3. The molecule has 0 unspecified atom stereocenters. The van der Waals surface area contributed by atoms with E-state index in [1.54, 1.807) is 6.07 Å². The van der Waals surface area contributed by atoms with E-state index in [0.29, 0.717) is 12.0 Å². The van der Waals surface area contributed by atoms with Crippen molar-refractivity contribution < 1.29 is 25.8 Å². The van der Waals surface area contributed by atoms with Gasteiger partial charge in [-0.05, 0) is 53.5 Å². The topological polar surface area (TPSA) is 43.4 Å². The molecule has 0 aliphatic heterocycles. The van der Waals surface area contributed by atoms with Gasteiger partial charge in [0.05, 0.1) is 6.61 Å². The summed E-state index contributed by atoms with van der Waals surface area (Å²) in [7, 11) is -5.59. The molecule has 0 radical (unpaired) electrons. The lowest BCUT2D eigenvalue weighted by molar-refractivity contribution is -0.0548. The molecule has 134 valence electrons. The van der Waals surface area contributed by atoms with Gasteiger partial charge in [-0.1, -0.05) is 42.5 Å². The average molecular weight is 370 g/mol. The number of alkyl halides is 3. The van der Waals surface area contributed by atoms with Gasteiger partial charge in [-0.25, -0.2) is 0 Å². The molecule has 0 saturated carbocycles. The lowest BCUT2D eigenvalue weighted by Crippen LogP contribution is -2.25. The summed E-state index contributed by atoms with van der Waals surface area (Å²) in [5, 5.41) is 0. The Morgan fingerprint density at radius 1 is 0.840 bits per heavy atom. The van der Waals surface area contributed by atoms with Gasteiger partial charge in [0.1, 0.15) is 0 Å². The predicted molar refractivity (Wildman–Crippen MR) is 87.5 cm³/mol. The molecule has 0 amide bonds. The third-order valence-electron chi connectivity index (χ3n) is 4.33. The van der Waals surface area contributed by atoms with Crippen LogP contribution >= 0.6 is 0 Å². The van der Waals surface area contributed by atoms with Crippen molar-refractivity contribution in [2.75, 3.05) is 0 Å². The van der Waals surface area contributed by atoms with Crippen molar-refractivity contribution in [3.8, 4) is 0 Å². The molecule has 4 aliphatic carbocycles. The van der Waals surface area contributed by atoms with Gasteiger partial charge in [0.15, 0.2) is 0 Å². The Labute approximate surface area is 144 Å². The maximum atomic E-state index is 12.5. The van der Waals surface area contributed by atoms with Crippen LogP contribution in [0.15, 0.2) is 42.5 Å². The van der Waals surface area contributed by atoms with E-state index in [2.05, 4.69) is 16.3 Å². The lowest BCUT2D eigenvalue weighted by atomic mass is 9.94. The van der Waals surface area contributed by atoms with Crippen LogP contribution in [0.2, 0.25) is 0 Å². The molecule has 0 heterocycles. The van der Waals surface area contributed by atoms with E-state index in [1.807, 2.05) is 24.3 Å². The van der Waals surface area contributed by atoms with Crippen LogP contribution in [0.1, 0.15) is 27.8 Å². The minimum atomic E-state index is -5.59. The van der Waals surface area contributed by atoms with E-state index in [1.165, 1.54) is 5.56 Å². The van der Waals surface area contributed by atoms with Crippen molar-refractivity contribution in [1.82, 2.24) is 0 Å². The van der Waals surface area contributed by atoms with Crippen LogP contribution < -0.4 is 0 Å². The van der Waals surface area contributed by atoms with Gasteiger partial charge >= 0.3 is 15.6 Å². The maximum Gasteiger partial charge on any atom is 0.523 e.